The number of fused-ring (bicyclic) bond motifs is 1. The van der Waals surface area contributed by atoms with E-state index in [1.165, 1.54) is 0 Å². The largest absolute Gasteiger partial charge is 0.0614 e. The van der Waals surface area contributed by atoms with Gasteiger partial charge in [0.25, 0.3) is 0 Å². The molecule has 0 unspecified atom stereocenters. The summed E-state index contributed by atoms with van der Waals surface area (Å²) in [4.78, 5) is 0. The number of hydrogen-bond donors (Lipinski definition) is 0. The molecule has 1 heteroatoms. The third-order valence-electron chi connectivity index (χ3n) is 1.85. The van der Waals surface area contributed by atoms with Gasteiger partial charge in [0.1, 0.15) is 0 Å². The van der Waals surface area contributed by atoms with Crippen LogP contribution in [0.25, 0.3) is 10.8 Å². The summed E-state index contributed by atoms with van der Waals surface area (Å²) in [6.45, 7) is -2.07. The minimum Gasteiger partial charge on any atom is -0.0614 e. The van der Waals surface area contributed by atoms with Crippen LogP contribution < -0.4 is 0 Å². The Hall–Kier alpha value is -0.820. The SMILES string of the molecule is [2H]C([2H])([2H])c1cccc2cccc(Br)c12. The van der Waals surface area contributed by atoms with E-state index in [2.05, 4.69) is 15.9 Å². The van der Waals surface area contributed by atoms with Crippen molar-refractivity contribution >= 4 is 26.7 Å². The molecule has 2 rings (SSSR count). The van der Waals surface area contributed by atoms with Gasteiger partial charge < -0.3 is 0 Å². The molecule has 2 aromatic rings. The first kappa shape index (κ1) is 5.03. The van der Waals surface area contributed by atoms with E-state index in [1.54, 1.807) is 12.1 Å². The van der Waals surface area contributed by atoms with Crippen molar-refractivity contribution in [2.75, 3.05) is 0 Å². The van der Waals surface area contributed by atoms with Crippen molar-refractivity contribution in [1.29, 1.82) is 0 Å². The summed E-state index contributed by atoms with van der Waals surface area (Å²) in [5, 5.41) is 1.72. The first-order valence-electron chi connectivity index (χ1n) is 5.18. The van der Waals surface area contributed by atoms with E-state index in [1.807, 2.05) is 24.3 Å². The number of rotatable bonds is 0. The standard InChI is InChI=1S/C11H9Br/c1-8-4-2-5-9-6-3-7-10(12)11(8)9/h2-7H,1H3/i1D3. The van der Waals surface area contributed by atoms with Crippen molar-refractivity contribution in [3.05, 3.63) is 46.4 Å². The van der Waals surface area contributed by atoms with Gasteiger partial charge in [-0.2, -0.15) is 0 Å². The monoisotopic (exact) mass is 223 g/mol. The van der Waals surface area contributed by atoms with Crippen LogP contribution in [0.1, 0.15) is 9.68 Å². The van der Waals surface area contributed by atoms with E-state index in [4.69, 9.17) is 4.11 Å². The molecule has 0 aromatic heterocycles. The summed E-state index contributed by atoms with van der Waals surface area (Å²) in [7, 11) is 0. The molecule has 2 aromatic carbocycles. The minimum absolute atomic E-state index is 0.396. The Morgan fingerprint density at radius 3 is 2.67 bits per heavy atom. The fourth-order valence-corrected chi connectivity index (χ4v) is 1.89. The summed E-state index contributed by atoms with van der Waals surface area (Å²) >= 11 is 3.39. The van der Waals surface area contributed by atoms with E-state index in [0.717, 1.165) is 15.2 Å². The maximum Gasteiger partial charge on any atom is 0.0280 e. The summed E-state index contributed by atoms with van der Waals surface area (Å²) in [5.41, 5.74) is 0.396. The lowest BCUT2D eigenvalue weighted by Gasteiger charge is -2.02. The Balaban J connectivity index is 2.86. The number of aryl methyl sites for hydroxylation is 1. The van der Waals surface area contributed by atoms with Crippen LogP contribution in [0.2, 0.25) is 0 Å². The van der Waals surface area contributed by atoms with Gasteiger partial charge in [-0.25, -0.2) is 0 Å². The lowest BCUT2D eigenvalue weighted by molar-refractivity contribution is 1.52. The average molecular weight is 224 g/mol. The Bertz CT molecular complexity index is 497. The first-order valence-corrected chi connectivity index (χ1v) is 4.47. The molecule has 0 amide bonds. The van der Waals surface area contributed by atoms with Crippen LogP contribution in [0.5, 0.6) is 0 Å². The molecule has 0 N–H and O–H groups in total. The molecule has 0 radical (unpaired) electrons. The van der Waals surface area contributed by atoms with Crippen LogP contribution in [0.15, 0.2) is 40.9 Å². The molecule has 0 saturated heterocycles. The van der Waals surface area contributed by atoms with Crippen LogP contribution in [0.3, 0.4) is 0 Å². The third kappa shape index (κ3) is 1.14. The van der Waals surface area contributed by atoms with Gasteiger partial charge in [0.2, 0.25) is 0 Å². The third-order valence-corrected chi connectivity index (χ3v) is 2.51. The molecule has 0 aliphatic rings. The summed E-state index contributed by atoms with van der Waals surface area (Å²) in [6.07, 6.45) is 0. The van der Waals surface area contributed by atoms with Crippen molar-refractivity contribution in [3.8, 4) is 0 Å². The predicted octanol–water partition coefficient (Wildman–Crippen LogP) is 3.91. The molecule has 0 nitrogen and oxygen atoms in total. The van der Waals surface area contributed by atoms with Gasteiger partial charge in [0.05, 0.1) is 0 Å². The van der Waals surface area contributed by atoms with Crippen LogP contribution >= 0.6 is 15.9 Å². The van der Waals surface area contributed by atoms with Crippen molar-refractivity contribution in [2.45, 2.75) is 6.85 Å². The molecular formula is C11H9Br. The fraction of sp³-hybridized carbons (Fsp3) is 0.0909. The highest BCUT2D eigenvalue weighted by molar-refractivity contribution is 9.10. The number of benzene rings is 2. The molecule has 12 heavy (non-hydrogen) atoms. The topological polar surface area (TPSA) is 0 Å². The van der Waals surface area contributed by atoms with E-state index >= 15 is 0 Å². The van der Waals surface area contributed by atoms with Crippen LogP contribution in [0.4, 0.5) is 0 Å². The second kappa shape index (κ2) is 2.91. The number of halogens is 1. The van der Waals surface area contributed by atoms with E-state index in [0.29, 0.717) is 5.56 Å². The van der Waals surface area contributed by atoms with E-state index in [-0.39, 0.29) is 0 Å². The molecule has 0 aliphatic carbocycles. The molecule has 0 aliphatic heterocycles. The molecule has 0 saturated carbocycles. The molecule has 0 heterocycles. The van der Waals surface area contributed by atoms with Crippen molar-refractivity contribution in [3.63, 3.8) is 0 Å². The molecule has 60 valence electrons. The molecule has 0 bridgehead atoms. The normalized spacial score (nSPS) is 15.2. The van der Waals surface area contributed by atoms with Crippen molar-refractivity contribution in [2.24, 2.45) is 0 Å². The predicted molar refractivity (Wildman–Crippen MR) is 56.4 cm³/mol. The summed E-state index contributed by atoms with van der Waals surface area (Å²) in [5.74, 6) is 0. The van der Waals surface area contributed by atoms with Gasteiger partial charge in [-0.15, -0.1) is 0 Å². The maximum absolute atomic E-state index is 7.46. The fourth-order valence-electron chi connectivity index (χ4n) is 1.30. The summed E-state index contributed by atoms with van der Waals surface area (Å²) in [6, 6.07) is 11.0. The first-order chi connectivity index (χ1) is 7.00. The van der Waals surface area contributed by atoms with Gasteiger partial charge in [0, 0.05) is 8.58 Å². The quantitative estimate of drug-likeness (QED) is 0.636. The second-order valence-corrected chi connectivity index (χ2v) is 3.50. The highest BCUT2D eigenvalue weighted by atomic mass is 79.9. The molecule has 0 spiro atoms. The molecule has 0 fully saturated rings. The van der Waals surface area contributed by atoms with Crippen molar-refractivity contribution < 1.29 is 4.11 Å². The van der Waals surface area contributed by atoms with Gasteiger partial charge in [0.15, 0.2) is 0 Å². The lowest BCUT2D eigenvalue weighted by Crippen LogP contribution is -1.78. The highest BCUT2D eigenvalue weighted by Crippen LogP contribution is 2.26. The Morgan fingerprint density at radius 1 is 1.17 bits per heavy atom. The van der Waals surface area contributed by atoms with Crippen LogP contribution in [0, 0.1) is 6.85 Å². The number of hydrogen-bond acceptors (Lipinski definition) is 0. The molecule has 0 atom stereocenters. The summed E-state index contributed by atoms with van der Waals surface area (Å²) < 4.78 is 23.2. The zero-order chi connectivity index (χ0) is 11.1. The Morgan fingerprint density at radius 2 is 1.92 bits per heavy atom. The minimum atomic E-state index is -2.07. The van der Waals surface area contributed by atoms with Gasteiger partial charge in [-0.3, -0.25) is 0 Å². The lowest BCUT2D eigenvalue weighted by atomic mass is 10.1. The van der Waals surface area contributed by atoms with E-state index in [9.17, 15) is 0 Å². The van der Waals surface area contributed by atoms with Gasteiger partial charge in [-0.05, 0) is 29.3 Å². The van der Waals surface area contributed by atoms with Crippen LogP contribution in [-0.4, -0.2) is 0 Å². The Labute approximate surface area is 84.6 Å². The van der Waals surface area contributed by atoms with Gasteiger partial charge in [-0.1, -0.05) is 46.3 Å². The highest BCUT2D eigenvalue weighted by Gasteiger charge is 1.98. The van der Waals surface area contributed by atoms with E-state index < -0.39 is 6.85 Å². The average Bonchev–Trinajstić information content (AvgIpc) is 2.16. The van der Waals surface area contributed by atoms with Gasteiger partial charge >= 0.3 is 0 Å². The van der Waals surface area contributed by atoms with Crippen LogP contribution in [-0.2, 0) is 0 Å². The molecular weight excluding hydrogens is 212 g/mol. The maximum atomic E-state index is 7.46. The second-order valence-electron chi connectivity index (χ2n) is 2.64. The van der Waals surface area contributed by atoms with Crippen molar-refractivity contribution in [1.82, 2.24) is 0 Å². The zero-order valence-corrected chi connectivity index (χ0v) is 7.93. The smallest absolute Gasteiger partial charge is 0.0280 e. The Kier molecular flexibility index (Phi) is 1.22. The zero-order valence-electron chi connectivity index (χ0n) is 9.34.